The number of benzene rings is 6. The van der Waals surface area contributed by atoms with Gasteiger partial charge in [-0.15, -0.1) is 0 Å². The molecular formula is C28H12N2O10S2. The third-order valence-electron chi connectivity index (χ3n) is 7.27. The van der Waals surface area contributed by atoms with Gasteiger partial charge < -0.3 is 0 Å². The number of hydrogen-bond acceptors (Lipinski definition) is 10. The van der Waals surface area contributed by atoms with Gasteiger partial charge in [0.1, 0.15) is 21.4 Å². The molecule has 2 N–H and O–H groups in total. The Morgan fingerprint density at radius 1 is 0.500 bits per heavy atom. The Morgan fingerprint density at radius 3 is 1.74 bits per heavy atom. The highest BCUT2D eigenvalue weighted by Gasteiger charge is 2.25. The predicted molar refractivity (Wildman–Crippen MR) is 154 cm³/mol. The van der Waals surface area contributed by atoms with E-state index in [1.54, 1.807) is 6.07 Å². The Morgan fingerprint density at radius 2 is 1.07 bits per heavy atom. The van der Waals surface area contributed by atoms with Crippen LogP contribution in [0.3, 0.4) is 0 Å². The summed E-state index contributed by atoms with van der Waals surface area (Å²) in [6, 6.07) is 12.2. The van der Waals surface area contributed by atoms with E-state index in [2.05, 4.69) is 9.97 Å². The average Bonchev–Trinajstić information content (AvgIpc) is 2.95. The number of nitrogens with zero attached hydrogens (tertiary/aromatic N) is 2. The molecule has 1 aromatic heterocycles. The van der Waals surface area contributed by atoms with E-state index in [1.807, 2.05) is 0 Å². The molecular weight excluding hydrogens is 588 g/mol. The number of rotatable bonds is 2. The molecule has 0 unspecified atom stereocenters. The van der Waals surface area contributed by atoms with Gasteiger partial charge in [-0.2, -0.15) is 16.8 Å². The van der Waals surface area contributed by atoms with Gasteiger partial charge in [0.2, 0.25) is 0 Å². The van der Waals surface area contributed by atoms with E-state index in [9.17, 15) is 45.1 Å². The van der Waals surface area contributed by atoms with E-state index in [-0.39, 0.29) is 59.6 Å². The van der Waals surface area contributed by atoms with Crippen LogP contribution in [0.2, 0.25) is 0 Å². The maximum absolute atomic E-state index is 13.7. The molecule has 12 nitrogen and oxygen atoms in total. The molecule has 0 bridgehead atoms. The van der Waals surface area contributed by atoms with Crippen molar-refractivity contribution >= 4 is 85.4 Å². The second-order valence-corrected chi connectivity index (χ2v) is 12.4. The van der Waals surface area contributed by atoms with Crippen molar-refractivity contribution in [2.75, 3.05) is 0 Å². The quantitative estimate of drug-likeness (QED) is 0.167. The molecule has 0 radical (unpaired) electrons. The lowest BCUT2D eigenvalue weighted by Gasteiger charge is -2.10. The van der Waals surface area contributed by atoms with E-state index in [0.29, 0.717) is 0 Å². The molecule has 6 aromatic carbocycles. The summed E-state index contributed by atoms with van der Waals surface area (Å²) < 4.78 is 67.9. The van der Waals surface area contributed by atoms with Crippen molar-refractivity contribution < 1.29 is 25.9 Å². The molecule has 7 aromatic rings. The van der Waals surface area contributed by atoms with Crippen LogP contribution >= 0.6 is 0 Å². The Bertz CT molecular complexity index is 2880. The molecule has 0 saturated heterocycles. The third-order valence-corrected chi connectivity index (χ3v) is 8.98. The van der Waals surface area contributed by atoms with E-state index >= 15 is 0 Å². The van der Waals surface area contributed by atoms with Gasteiger partial charge in [0.05, 0.1) is 21.2 Å². The Kier molecular flexibility index (Phi) is 5.10. The van der Waals surface area contributed by atoms with Crippen LogP contribution in [0.5, 0.6) is 0 Å². The molecule has 206 valence electrons. The molecule has 0 atom stereocenters. The smallest absolute Gasteiger partial charge is 0.289 e. The highest BCUT2D eigenvalue weighted by molar-refractivity contribution is 7.86. The fourth-order valence-corrected chi connectivity index (χ4v) is 6.56. The molecule has 0 amide bonds. The van der Waals surface area contributed by atoms with Crippen LogP contribution in [-0.4, -0.2) is 35.9 Å². The second-order valence-electron chi connectivity index (χ2n) is 9.59. The van der Waals surface area contributed by atoms with Crippen molar-refractivity contribution in [2.24, 2.45) is 0 Å². The highest BCUT2D eigenvalue weighted by atomic mass is 32.2. The van der Waals surface area contributed by atoms with Gasteiger partial charge in [-0.05, 0) is 36.4 Å². The molecule has 42 heavy (non-hydrogen) atoms. The normalized spacial score (nSPS) is 12.8. The number of hydrogen-bond donors (Lipinski definition) is 2. The summed E-state index contributed by atoms with van der Waals surface area (Å²) in [5.41, 5.74) is -4.06. The van der Waals surface area contributed by atoms with E-state index in [1.165, 1.54) is 30.3 Å². The van der Waals surface area contributed by atoms with Gasteiger partial charge in [-0.1, -0.05) is 24.3 Å². The maximum Gasteiger partial charge on any atom is 0.296 e. The summed E-state index contributed by atoms with van der Waals surface area (Å²) in [6.45, 7) is 0. The van der Waals surface area contributed by atoms with Crippen molar-refractivity contribution in [2.45, 2.75) is 9.79 Å². The summed E-state index contributed by atoms with van der Waals surface area (Å²) >= 11 is 0. The molecule has 0 saturated carbocycles. The Labute approximate surface area is 232 Å². The van der Waals surface area contributed by atoms with Crippen LogP contribution in [0.4, 0.5) is 0 Å². The minimum absolute atomic E-state index is 0.0329. The first kappa shape index (κ1) is 25.9. The minimum atomic E-state index is -5.08. The van der Waals surface area contributed by atoms with Crippen molar-refractivity contribution in [3.05, 3.63) is 102 Å². The zero-order chi connectivity index (χ0) is 29.9. The van der Waals surface area contributed by atoms with Gasteiger partial charge >= 0.3 is 0 Å². The average molecular weight is 601 g/mol. The van der Waals surface area contributed by atoms with Crippen LogP contribution in [-0.2, 0) is 20.2 Å². The maximum atomic E-state index is 13.7. The first-order valence-electron chi connectivity index (χ1n) is 12.0. The van der Waals surface area contributed by atoms with Crippen LogP contribution in [0, 0.1) is 0 Å². The number of aromatic nitrogens is 2. The molecule has 14 heteroatoms. The zero-order valence-corrected chi connectivity index (χ0v) is 22.3. The van der Waals surface area contributed by atoms with Gasteiger partial charge in [0.15, 0.2) is 21.7 Å². The largest absolute Gasteiger partial charge is 0.296 e. The fourth-order valence-electron chi connectivity index (χ4n) is 5.40. The van der Waals surface area contributed by atoms with Crippen LogP contribution in [0.1, 0.15) is 0 Å². The fraction of sp³-hybridized carbons (Fsp3) is 0. The zero-order valence-electron chi connectivity index (χ0n) is 20.6. The van der Waals surface area contributed by atoms with Gasteiger partial charge in [-0.25, -0.2) is 9.97 Å². The molecule has 1 heterocycles. The lowest BCUT2D eigenvalue weighted by Crippen LogP contribution is -2.16. The lowest BCUT2D eigenvalue weighted by molar-refractivity contribution is 0.481. The minimum Gasteiger partial charge on any atom is -0.289 e. The summed E-state index contributed by atoms with van der Waals surface area (Å²) in [7, 11) is -9.81. The Balaban J connectivity index is 1.76. The van der Waals surface area contributed by atoms with E-state index < -0.39 is 57.3 Å². The van der Waals surface area contributed by atoms with Gasteiger partial charge in [-0.3, -0.25) is 28.3 Å². The summed E-state index contributed by atoms with van der Waals surface area (Å²) in [4.78, 5) is 61.0. The van der Waals surface area contributed by atoms with Crippen molar-refractivity contribution in [3.8, 4) is 0 Å². The van der Waals surface area contributed by atoms with Crippen LogP contribution < -0.4 is 21.7 Å². The molecule has 0 spiro atoms. The van der Waals surface area contributed by atoms with Gasteiger partial charge in [0.25, 0.3) is 20.2 Å². The van der Waals surface area contributed by atoms with Crippen LogP contribution in [0.25, 0.3) is 65.2 Å². The van der Waals surface area contributed by atoms with Crippen molar-refractivity contribution in [1.82, 2.24) is 9.97 Å². The summed E-state index contributed by atoms with van der Waals surface area (Å²) in [6.07, 6.45) is 0. The SMILES string of the molecule is O=c1c2ccc(S(=O)(=O)O)cc2c(=O)c2c1ccc1nc3c(nc12)c(S(=O)(=O)O)cc1c(=O)c2ccccc2c(=O)c13. The Hall–Kier alpha value is -5.02. The topological polar surface area (TPSA) is 203 Å². The molecule has 7 rings (SSSR count). The third kappa shape index (κ3) is 3.46. The van der Waals surface area contributed by atoms with E-state index in [0.717, 1.165) is 24.3 Å². The first-order valence-corrected chi connectivity index (χ1v) is 14.8. The second kappa shape index (κ2) is 8.27. The van der Waals surface area contributed by atoms with Gasteiger partial charge in [0, 0.05) is 32.3 Å². The molecule has 0 aliphatic carbocycles. The number of fused-ring (bicyclic) bond motifs is 8. The molecule has 0 aliphatic heterocycles. The standard InChI is InChI=1S/C28H12N2O10S2/c31-25-14-6-5-11(41(35,36)37)9-16(14)28(34)20-15(25)7-8-18-22(20)30-23-19(42(38,39)40)10-17-21(24(23)29-18)27(33)13-4-2-1-3-12(13)26(17)32/h1-10H,(H,35,36,37)(H,38,39,40). The predicted octanol–water partition coefficient (Wildman–Crippen LogP) is 2.21. The van der Waals surface area contributed by atoms with E-state index in [4.69, 9.17) is 0 Å². The lowest BCUT2D eigenvalue weighted by atomic mass is 9.99. The van der Waals surface area contributed by atoms with Crippen LogP contribution in [0.15, 0.2) is 89.6 Å². The molecule has 0 fully saturated rings. The summed E-state index contributed by atoms with van der Waals surface area (Å²) in [5.74, 6) is 0. The molecule has 0 aliphatic rings. The van der Waals surface area contributed by atoms with Crippen molar-refractivity contribution in [1.29, 1.82) is 0 Å². The van der Waals surface area contributed by atoms with Crippen molar-refractivity contribution in [3.63, 3.8) is 0 Å². The highest BCUT2D eigenvalue weighted by Crippen LogP contribution is 2.31. The monoisotopic (exact) mass is 600 g/mol. The summed E-state index contributed by atoms with van der Waals surface area (Å²) in [5, 5.41) is -1.44. The first-order chi connectivity index (χ1) is 19.8.